The fourth-order valence-electron chi connectivity index (χ4n) is 3.25. The van der Waals surface area contributed by atoms with Gasteiger partial charge >= 0.3 is 0 Å². The van der Waals surface area contributed by atoms with Crippen LogP contribution < -0.4 is 5.73 Å². The molecule has 2 heteroatoms. The highest BCUT2D eigenvalue weighted by molar-refractivity contribution is 5.65. The van der Waals surface area contributed by atoms with Gasteiger partial charge in [-0.3, -0.25) is 4.98 Å². The molecular weight excluding hydrogens is 244 g/mol. The Kier molecular flexibility index (Phi) is 3.72. The van der Waals surface area contributed by atoms with Crippen molar-refractivity contribution in [3.05, 3.63) is 47.7 Å². The zero-order chi connectivity index (χ0) is 13.9. The van der Waals surface area contributed by atoms with Crippen molar-refractivity contribution in [2.75, 3.05) is 5.73 Å². The topological polar surface area (TPSA) is 38.9 Å². The number of nitrogen functional groups attached to an aromatic ring is 1. The van der Waals surface area contributed by atoms with Crippen LogP contribution in [0.1, 0.15) is 49.1 Å². The van der Waals surface area contributed by atoms with Crippen molar-refractivity contribution >= 4 is 5.69 Å². The first kappa shape index (κ1) is 13.2. The largest absolute Gasteiger partial charge is 0.397 e. The van der Waals surface area contributed by atoms with Crippen LogP contribution in [0.15, 0.2) is 36.5 Å². The van der Waals surface area contributed by atoms with E-state index in [1.54, 1.807) is 6.20 Å². The van der Waals surface area contributed by atoms with Crippen LogP contribution in [0.5, 0.6) is 0 Å². The van der Waals surface area contributed by atoms with Crippen molar-refractivity contribution in [3.8, 4) is 11.3 Å². The summed E-state index contributed by atoms with van der Waals surface area (Å²) < 4.78 is 0. The molecule has 20 heavy (non-hydrogen) atoms. The average Bonchev–Trinajstić information content (AvgIpc) is 2.48. The van der Waals surface area contributed by atoms with Crippen molar-refractivity contribution in [2.24, 2.45) is 0 Å². The molecule has 1 aromatic heterocycles. The standard InChI is InChI=1S/C18H22N2/c1-13-11-17(19)12-20-18(13)16-9-7-15(8-10-16)14-5-3-2-4-6-14/h7-12,14H,2-6,19H2,1H3. The lowest BCUT2D eigenvalue weighted by Crippen LogP contribution is -2.04. The molecule has 0 atom stereocenters. The highest BCUT2D eigenvalue weighted by atomic mass is 14.7. The second-order valence-corrected chi connectivity index (χ2v) is 5.89. The number of hydrogen-bond acceptors (Lipinski definition) is 2. The van der Waals surface area contributed by atoms with E-state index < -0.39 is 0 Å². The SMILES string of the molecule is Cc1cc(N)cnc1-c1ccc(C2CCCCC2)cc1. The van der Waals surface area contributed by atoms with Gasteiger partial charge in [0, 0.05) is 5.56 Å². The Morgan fingerprint density at radius 3 is 2.40 bits per heavy atom. The van der Waals surface area contributed by atoms with Crippen molar-refractivity contribution in [1.29, 1.82) is 0 Å². The van der Waals surface area contributed by atoms with E-state index in [1.165, 1.54) is 43.2 Å². The third kappa shape index (κ3) is 2.69. The first-order valence-corrected chi connectivity index (χ1v) is 7.56. The molecule has 1 heterocycles. The highest BCUT2D eigenvalue weighted by Gasteiger charge is 2.15. The van der Waals surface area contributed by atoms with Crippen LogP contribution in [-0.4, -0.2) is 4.98 Å². The monoisotopic (exact) mass is 266 g/mol. The molecule has 1 aliphatic carbocycles. The number of rotatable bonds is 2. The Labute approximate surface area is 121 Å². The molecule has 0 bridgehead atoms. The first-order chi connectivity index (χ1) is 9.74. The minimum Gasteiger partial charge on any atom is -0.397 e. The van der Waals surface area contributed by atoms with Crippen LogP contribution in [0.2, 0.25) is 0 Å². The normalized spacial score (nSPS) is 16.2. The van der Waals surface area contributed by atoms with Gasteiger partial charge in [-0.1, -0.05) is 43.5 Å². The highest BCUT2D eigenvalue weighted by Crippen LogP contribution is 2.33. The lowest BCUT2D eigenvalue weighted by atomic mass is 9.84. The Balaban J connectivity index is 1.85. The molecule has 1 aromatic carbocycles. The van der Waals surface area contributed by atoms with Crippen molar-refractivity contribution in [1.82, 2.24) is 4.98 Å². The third-order valence-electron chi connectivity index (χ3n) is 4.36. The van der Waals surface area contributed by atoms with Gasteiger partial charge in [0.15, 0.2) is 0 Å². The summed E-state index contributed by atoms with van der Waals surface area (Å²) in [4.78, 5) is 4.47. The number of benzene rings is 1. The van der Waals surface area contributed by atoms with Gasteiger partial charge in [0.05, 0.1) is 17.6 Å². The molecule has 0 amide bonds. The molecule has 0 saturated heterocycles. The summed E-state index contributed by atoms with van der Waals surface area (Å²) in [5, 5.41) is 0. The number of nitrogens with zero attached hydrogens (tertiary/aromatic N) is 1. The summed E-state index contributed by atoms with van der Waals surface area (Å²) in [6, 6.07) is 11.0. The minimum absolute atomic E-state index is 0.727. The summed E-state index contributed by atoms with van der Waals surface area (Å²) in [5.41, 5.74) is 11.3. The molecule has 0 spiro atoms. The first-order valence-electron chi connectivity index (χ1n) is 7.56. The molecule has 1 aliphatic rings. The van der Waals surface area contributed by atoms with E-state index in [0.29, 0.717) is 0 Å². The number of pyridine rings is 1. The van der Waals surface area contributed by atoms with E-state index in [9.17, 15) is 0 Å². The minimum atomic E-state index is 0.727. The van der Waals surface area contributed by atoms with E-state index in [1.807, 2.05) is 6.07 Å². The molecule has 3 rings (SSSR count). The fraction of sp³-hybridized carbons (Fsp3) is 0.389. The van der Waals surface area contributed by atoms with E-state index in [0.717, 1.165) is 22.9 Å². The van der Waals surface area contributed by atoms with Gasteiger partial charge in [0.25, 0.3) is 0 Å². The van der Waals surface area contributed by atoms with E-state index >= 15 is 0 Å². The molecule has 2 aromatic rings. The molecule has 104 valence electrons. The van der Waals surface area contributed by atoms with Crippen molar-refractivity contribution < 1.29 is 0 Å². The fourth-order valence-corrected chi connectivity index (χ4v) is 3.25. The number of anilines is 1. The lowest BCUT2D eigenvalue weighted by molar-refractivity contribution is 0.443. The molecule has 2 nitrogen and oxygen atoms in total. The van der Waals surface area contributed by atoms with Gasteiger partial charge in [-0.05, 0) is 42.9 Å². The zero-order valence-electron chi connectivity index (χ0n) is 12.1. The van der Waals surface area contributed by atoms with E-state index in [-0.39, 0.29) is 0 Å². The summed E-state index contributed by atoms with van der Waals surface area (Å²) >= 11 is 0. The molecular formula is C18H22N2. The molecule has 2 N–H and O–H groups in total. The molecule has 0 unspecified atom stereocenters. The maximum atomic E-state index is 5.76. The van der Waals surface area contributed by atoms with E-state index in [4.69, 9.17) is 5.73 Å². The van der Waals surface area contributed by atoms with E-state index in [2.05, 4.69) is 36.2 Å². The Hall–Kier alpha value is -1.83. The molecule has 0 radical (unpaired) electrons. The van der Waals surface area contributed by atoms with Crippen LogP contribution in [0, 0.1) is 6.92 Å². The van der Waals surface area contributed by atoms with Crippen molar-refractivity contribution in [2.45, 2.75) is 44.9 Å². The smallest absolute Gasteiger partial charge is 0.0732 e. The third-order valence-corrected chi connectivity index (χ3v) is 4.36. The van der Waals surface area contributed by atoms with Gasteiger partial charge in [0.1, 0.15) is 0 Å². The maximum Gasteiger partial charge on any atom is 0.0732 e. The number of aryl methyl sites for hydroxylation is 1. The van der Waals surface area contributed by atoms with Gasteiger partial charge in [-0.25, -0.2) is 0 Å². The molecule has 1 fully saturated rings. The zero-order valence-corrected chi connectivity index (χ0v) is 12.1. The van der Waals surface area contributed by atoms with Gasteiger partial charge in [-0.15, -0.1) is 0 Å². The Morgan fingerprint density at radius 1 is 1.05 bits per heavy atom. The second-order valence-electron chi connectivity index (χ2n) is 5.89. The summed E-state index contributed by atoms with van der Waals surface area (Å²) in [7, 11) is 0. The van der Waals surface area contributed by atoms with Crippen LogP contribution >= 0.6 is 0 Å². The van der Waals surface area contributed by atoms with Gasteiger partial charge in [-0.2, -0.15) is 0 Å². The number of nitrogens with two attached hydrogens (primary N) is 1. The van der Waals surface area contributed by atoms with Crippen LogP contribution in [0.25, 0.3) is 11.3 Å². The molecule has 1 saturated carbocycles. The lowest BCUT2D eigenvalue weighted by Gasteiger charge is -2.22. The van der Waals surface area contributed by atoms with Crippen molar-refractivity contribution in [3.63, 3.8) is 0 Å². The van der Waals surface area contributed by atoms with Gasteiger partial charge < -0.3 is 5.73 Å². The molecule has 0 aliphatic heterocycles. The number of hydrogen-bond donors (Lipinski definition) is 1. The summed E-state index contributed by atoms with van der Waals surface area (Å²) in [6.45, 7) is 2.06. The van der Waals surface area contributed by atoms with Crippen LogP contribution in [-0.2, 0) is 0 Å². The maximum absolute atomic E-state index is 5.76. The Morgan fingerprint density at radius 2 is 1.75 bits per heavy atom. The number of aromatic nitrogens is 1. The summed E-state index contributed by atoms with van der Waals surface area (Å²) in [6.07, 6.45) is 8.59. The predicted molar refractivity (Wildman–Crippen MR) is 84.6 cm³/mol. The predicted octanol–water partition coefficient (Wildman–Crippen LogP) is 4.69. The summed E-state index contributed by atoms with van der Waals surface area (Å²) in [5.74, 6) is 0.762. The Bertz CT molecular complexity index is 581. The second kappa shape index (κ2) is 5.66. The van der Waals surface area contributed by atoms with Crippen LogP contribution in [0.4, 0.5) is 5.69 Å². The van der Waals surface area contributed by atoms with Gasteiger partial charge in [0.2, 0.25) is 0 Å². The van der Waals surface area contributed by atoms with Crippen LogP contribution in [0.3, 0.4) is 0 Å². The quantitative estimate of drug-likeness (QED) is 0.856. The average molecular weight is 266 g/mol.